The monoisotopic (exact) mass is 320 g/mol. The summed E-state index contributed by atoms with van der Waals surface area (Å²) in [5.41, 5.74) is 1.34. The van der Waals surface area contributed by atoms with E-state index >= 15 is 0 Å². The molecule has 2 aromatic rings. The van der Waals surface area contributed by atoms with E-state index in [9.17, 15) is 14.7 Å². The summed E-state index contributed by atoms with van der Waals surface area (Å²) in [6.07, 6.45) is -0.130. The summed E-state index contributed by atoms with van der Waals surface area (Å²) in [6.45, 7) is 6.35. The molecule has 0 radical (unpaired) electrons. The topological polar surface area (TPSA) is 93.3 Å². The van der Waals surface area contributed by atoms with Gasteiger partial charge in [-0.15, -0.1) is 0 Å². The third kappa shape index (κ3) is 3.53. The Morgan fingerprint density at radius 3 is 2.65 bits per heavy atom. The second-order valence-corrected chi connectivity index (χ2v) is 5.87. The van der Waals surface area contributed by atoms with Crippen molar-refractivity contribution in [2.75, 3.05) is 7.11 Å². The van der Waals surface area contributed by atoms with E-state index in [1.807, 2.05) is 19.2 Å². The van der Waals surface area contributed by atoms with Crippen LogP contribution < -0.4 is 10.9 Å². The van der Waals surface area contributed by atoms with Crippen LogP contribution in [0.15, 0.2) is 21.3 Å². The normalized spacial score (nSPS) is 11.2. The van der Waals surface area contributed by atoms with E-state index in [0.29, 0.717) is 34.7 Å². The molecule has 1 heterocycles. The third-order valence-corrected chi connectivity index (χ3v) is 3.88. The van der Waals surface area contributed by atoms with Gasteiger partial charge in [0.05, 0.1) is 30.7 Å². The number of hydrogen-bond acceptors (Lipinski definition) is 5. The number of quaternary nitrogens is 1. The van der Waals surface area contributed by atoms with Gasteiger partial charge in [-0.2, -0.15) is 0 Å². The Morgan fingerprint density at radius 2 is 2.04 bits per heavy atom. The van der Waals surface area contributed by atoms with Crippen molar-refractivity contribution < 1.29 is 24.4 Å². The van der Waals surface area contributed by atoms with Gasteiger partial charge in [0.15, 0.2) is 5.58 Å². The molecule has 0 amide bonds. The van der Waals surface area contributed by atoms with Crippen molar-refractivity contribution in [1.82, 2.24) is 0 Å². The number of fused-ring (bicyclic) bond motifs is 1. The fourth-order valence-electron chi connectivity index (χ4n) is 2.47. The lowest BCUT2D eigenvalue weighted by Crippen LogP contribution is -2.86. The Hall–Kier alpha value is -2.34. The van der Waals surface area contributed by atoms with Gasteiger partial charge in [-0.25, -0.2) is 4.79 Å². The summed E-state index contributed by atoms with van der Waals surface area (Å²) in [7, 11) is 1.28. The van der Waals surface area contributed by atoms with Crippen LogP contribution in [-0.2, 0) is 22.5 Å². The molecule has 0 saturated heterocycles. The number of esters is 1. The van der Waals surface area contributed by atoms with Crippen LogP contribution >= 0.6 is 0 Å². The number of phenols is 1. The fraction of sp³-hybridized carbons (Fsp3) is 0.412. The molecule has 1 aromatic carbocycles. The van der Waals surface area contributed by atoms with Crippen LogP contribution in [0.25, 0.3) is 11.0 Å². The number of aromatic hydroxyl groups is 1. The molecule has 0 saturated carbocycles. The molecule has 0 aliphatic heterocycles. The fourth-order valence-corrected chi connectivity index (χ4v) is 2.47. The highest BCUT2D eigenvalue weighted by molar-refractivity contribution is 5.86. The molecule has 23 heavy (non-hydrogen) atoms. The minimum atomic E-state index is -0.572. The van der Waals surface area contributed by atoms with Crippen molar-refractivity contribution in [2.24, 2.45) is 0 Å². The number of carbonyl (C=O) groups is 1. The van der Waals surface area contributed by atoms with Gasteiger partial charge >= 0.3 is 11.6 Å². The Labute approximate surface area is 134 Å². The summed E-state index contributed by atoms with van der Waals surface area (Å²) in [4.78, 5) is 23.7. The zero-order chi connectivity index (χ0) is 17.1. The quantitative estimate of drug-likeness (QED) is 0.633. The first-order valence-electron chi connectivity index (χ1n) is 7.52. The highest BCUT2D eigenvalue weighted by Crippen LogP contribution is 2.28. The number of carbonyl (C=O) groups excluding carboxylic acids is 1. The van der Waals surface area contributed by atoms with E-state index in [4.69, 9.17) is 4.42 Å². The van der Waals surface area contributed by atoms with Gasteiger partial charge in [0.2, 0.25) is 0 Å². The number of methoxy groups -OCH3 is 1. The van der Waals surface area contributed by atoms with Crippen LogP contribution in [0, 0.1) is 6.92 Å². The molecule has 3 N–H and O–H groups in total. The molecule has 1 aromatic heterocycles. The average molecular weight is 320 g/mol. The van der Waals surface area contributed by atoms with Crippen molar-refractivity contribution in [3.63, 3.8) is 0 Å². The van der Waals surface area contributed by atoms with E-state index in [-0.39, 0.29) is 17.7 Å². The van der Waals surface area contributed by atoms with Gasteiger partial charge in [-0.3, -0.25) is 4.79 Å². The van der Waals surface area contributed by atoms with E-state index in [0.717, 1.165) is 0 Å². The molecule has 6 nitrogen and oxygen atoms in total. The third-order valence-electron chi connectivity index (χ3n) is 3.88. The predicted octanol–water partition coefficient (Wildman–Crippen LogP) is 0.994. The van der Waals surface area contributed by atoms with Gasteiger partial charge in [-0.1, -0.05) is 0 Å². The number of nitrogens with two attached hydrogens (primary N) is 1. The highest BCUT2D eigenvalue weighted by atomic mass is 16.5. The van der Waals surface area contributed by atoms with Crippen LogP contribution in [0.5, 0.6) is 5.75 Å². The second kappa shape index (κ2) is 6.83. The number of ether oxygens (including phenoxy) is 1. The van der Waals surface area contributed by atoms with Crippen LogP contribution in [0.4, 0.5) is 0 Å². The first kappa shape index (κ1) is 17.0. The van der Waals surface area contributed by atoms with Crippen molar-refractivity contribution in [1.29, 1.82) is 0 Å². The maximum Gasteiger partial charge on any atom is 0.340 e. The molecule has 0 atom stereocenters. The lowest BCUT2D eigenvalue weighted by molar-refractivity contribution is -0.698. The van der Waals surface area contributed by atoms with Crippen molar-refractivity contribution in [3.8, 4) is 5.75 Å². The van der Waals surface area contributed by atoms with Gasteiger partial charge in [-0.05, 0) is 38.5 Å². The molecule has 124 valence electrons. The Morgan fingerprint density at radius 1 is 1.35 bits per heavy atom. The first-order chi connectivity index (χ1) is 10.8. The summed E-state index contributed by atoms with van der Waals surface area (Å²) >= 11 is 0. The summed E-state index contributed by atoms with van der Waals surface area (Å²) in [5.74, 6) is -0.399. The molecule has 2 rings (SSSR count). The smallest absolute Gasteiger partial charge is 0.340 e. The maximum atomic E-state index is 12.2. The Bertz CT molecular complexity index is 792. The predicted molar refractivity (Wildman–Crippen MR) is 85.4 cm³/mol. The maximum absolute atomic E-state index is 12.2. The molecule has 0 fully saturated rings. The van der Waals surface area contributed by atoms with Crippen LogP contribution in [0.3, 0.4) is 0 Å². The SMILES string of the molecule is COC(=O)Cc1c(C)c2ccc(O)c(C[NH2+]C(C)C)c2oc1=O. The molecule has 0 unspecified atom stereocenters. The summed E-state index contributed by atoms with van der Waals surface area (Å²) in [5, 5.41) is 12.8. The highest BCUT2D eigenvalue weighted by Gasteiger charge is 2.19. The zero-order valence-electron chi connectivity index (χ0n) is 13.8. The number of benzene rings is 1. The molecule has 0 spiro atoms. The van der Waals surface area contributed by atoms with Gasteiger partial charge in [0.25, 0.3) is 0 Å². The van der Waals surface area contributed by atoms with Crippen LogP contribution in [0.2, 0.25) is 0 Å². The van der Waals surface area contributed by atoms with Crippen molar-refractivity contribution in [2.45, 2.75) is 39.8 Å². The molecular formula is C17H22NO5+. The van der Waals surface area contributed by atoms with Gasteiger partial charge in [0, 0.05) is 5.39 Å². The van der Waals surface area contributed by atoms with Crippen LogP contribution in [0.1, 0.15) is 30.5 Å². The molecule has 0 aliphatic rings. The molecular weight excluding hydrogens is 298 g/mol. The van der Waals surface area contributed by atoms with E-state index in [1.165, 1.54) is 7.11 Å². The van der Waals surface area contributed by atoms with E-state index in [2.05, 4.69) is 4.74 Å². The van der Waals surface area contributed by atoms with Crippen molar-refractivity contribution in [3.05, 3.63) is 39.2 Å². The minimum Gasteiger partial charge on any atom is -0.507 e. The first-order valence-corrected chi connectivity index (χ1v) is 7.52. The standard InChI is InChI=1S/C17H21NO5/c1-9(2)18-8-13-14(19)6-5-11-10(3)12(7-15(20)22-4)17(21)23-16(11)13/h5-6,9,18-19H,7-8H2,1-4H3/p+1. The van der Waals surface area contributed by atoms with Crippen molar-refractivity contribution >= 4 is 16.9 Å². The Kier molecular flexibility index (Phi) is 5.05. The zero-order valence-corrected chi connectivity index (χ0v) is 13.8. The molecule has 6 heteroatoms. The number of rotatable bonds is 5. The average Bonchev–Trinajstić information content (AvgIpc) is 2.49. The van der Waals surface area contributed by atoms with Gasteiger partial charge < -0.3 is 19.6 Å². The second-order valence-electron chi connectivity index (χ2n) is 5.87. The van der Waals surface area contributed by atoms with Gasteiger partial charge in [0.1, 0.15) is 12.3 Å². The number of hydrogen-bond donors (Lipinski definition) is 2. The van der Waals surface area contributed by atoms with E-state index < -0.39 is 11.6 Å². The molecule has 0 bridgehead atoms. The van der Waals surface area contributed by atoms with Crippen LogP contribution in [-0.4, -0.2) is 24.2 Å². The number of aryl methyl sites for hydroxylation is 1. The largest absolute Gasteiger partial charge is 0.507 e. The molecule has 0 aliphatic carbocycles. The number of phenolic OH excluding ortho intramolecular Hbond substituents is 1. The van der Waals surface area contributed by atoms with E-state index in [1.54, 1.807) is 19.1 Å². The Balaban J connectivity index is 2.61. The lowest BCUT2D eigenvalue weighted by atomic mass is 10.0. The lowest BCUT2D eigenvalue weighted by Gasteiger charge is -2.12. The minimum absolute atomic E-state index is 0.0951. The summed E-state index contributed by atoms with van der Waals surface area (Å²) < 4.78 is 10.0. The summed E-state index contributed by atoms with van der Waals surface area (Å²) in [6, 6.07) is 3.62.